The van der Waals surface area contributed by atoms with Gasteiger partial charge in [-0.1, -0.05) is 103 Å². The normalized spacial score (nSPS) is 11.5. The van der Waals surface area contributed by atoms with Crippen LogP contribution in [0.5, 0.6) is 0 Å². The number of rotatable bonds is 9. The van der Waals surface area contributed by atoms with Crippen LogP contribution < -0.4 is 203 Å². The Hall–Kier alpha value is 0.232. The molecule has 3 N–H and O–H groups in total. The molecule has 26 nitrogen and oxygen atoms in total. The van der Waals surface area contributed by atoms with Crippen molar-refractivity contribution < 1.29 is 272 Å². The van der Waals surface area contributed by atoms with Crippen molar-refractivity contribution >= 4 is 105 Å². The zero-order valence-electron chi connectivity index (χ0n) is 42.8. The maximum absolute atomic E-state index is 10.3. The van der Waals surface area contributed by atoms with Gasteiger partial charge >= 0.3 is 203 Å². The zero-order valence-corrected chi connectivity index (χ0v) is 62.0. The molecule has 7 aromatic rings. The van der Waals surface area contributed by atoms with Crippen molar-refractivity contribution in [2.45, 2.75) is 0 Å². The fourth-order valence-corrected chi connectivity index (χ4v) is 8.07. The van der Waals surface area contributed by atoms with Crippen LogP contribution in [0.15, 0.2) is 97.1 Å². The minimum Gasteiger partial charge on any atom is -0.750 e. The van der Waals surface area contributed by atoms with Crippen molar-refractivity contribution in [1.29, 1.82) is 0 Å². The Labute approximate surface area is 613 Å². The minimum atomic E-state index is -4.32. The summed E-state index contributed by atoms with van der Waals surface area (Å²) in [6, 6.07) is 31.8. The van der Waals surface area contributed by atoms with E-state index in [0.717, 1.165) is 56.3 Å². The molecule has 78 heavy (non-hydrogen) atoms. The Morgan fingerprint density at radius 2 is 0.654 bits per heavy atom. The number of fused-ring (bicyclic) bond motifs is 20. The van der Waals surface area contributed by atoms with Crippen molar-refractivity contribution in [3.05, 3.63) is 104 Å². The summed E-state index contributed by atoms with van der Waals surface area (Å²) in [6.45, 7) is 2.12. The second kappa shape index (κ2) is 33.8. The van der Waals surface area contributed by atoms with E-state index in [4.69, 9.17) is 44.4 Å². The summed E-state index contributed by atoms with van der Waals surface area (Å²) in [7, 11) is -23.1. The molecule has 5 heterocycles. The van der Waals surface area contributed by atoms with E-state index in [1.54, 1.807) is 0 Å². The average Bonchev–Trinajstić information content (AvgIpc) is 4.00. The second-order valence-corrected chi connectivity index (χ2v) is 24.7. The number of hydrogen-bond donors (Lipinski definition) is 3. The molecule has 0 radical (unpaired) electrons. The summed E-state index contributed by atoms with van der Waals surface area (Å²) in [5.41, 5.74) is 5.78. The van der Waals surface area contributed by atoms with Crippen molar-refractivity contribution in [2.24, 2.45) is 0 Å². The third-order valence-electron chi connectivity index (χ3n) is 9.01. The molecule has 8 bridgehead atoms. The largest absolute Gasteiger partial charge is 2.00 e. The summed E-state index contributed by atoms with van der Waals surface area (Å²) < 4.78 is 159. The molecule has 9 rings (SSSR count). The summed E-state index contributed by atoms with van der Waals surface area (Å²) in [6.07, 6.45) is 2.47. The molecule has 4 aromatic carbocycles. The Morgan fingerprint density at radius 3 is 0.833 bits per heavy atom. The van der Waals surface area contributed by atoms with Gasteiger partial charge in [0.25, 0.3) is 10.1 Å². The van der Waals surface area contributed by atoms with E-state index in [0.29, 0.717) is 52.1 Å². The Kier molecular flexibility index (Phi) is 33.9. The first-order valence-corrected chi connectivity index (χ1v) is 30.6. The van der Waals surface area contributed by atoms with E-state index >= 15 is 0 Å². The van der Waals surface area contributed by atoms with Crippen LogP contribution in [-0.4, -0.2) is 148 Å². The van der Waals surface area contributed by atoms with Crippen LogP contribution >= 0.6 is 0 Å². The molecule has 0 spiro atoms. The van der Waals surface area contributed by atoms with E-state index in [1.807, 2.05) is 107 Å². The van der Waals surface area contributed by atoms with Gasteiger partial charge in [0, 0.05) is 57.9 Å². The predicted octanol–water partition coefficient (Wildman–Crippen LogP) is -10.8. The Bertz CT molecular complexity index is 3640. The molecule has 0 amide bonds. The number of nitrogens with zero attached hydrogens (tertiary/aromatic N) is 8. The number of hydrogen-bond acceptors (Lipinski definition) is 21. The molecular weight excluding hydrogens is 1290 g/mol. The molecule has 0 unspecified atom stereocenters. The van der Waals surface area contributed by atoms with Crippen LogP contribution in [0.25, 0.3) is 89.7 Å². The number of aromatic nitrogens is 8. The van der Waals surface area contributed by atoms with Gasteiger partial charge in [0.05, 0.1) is 83.9 Å². The summed E-state index contributed by atoms with van der Waals surface area (Å²) in [4.78, 5) is 39.3. The van der Waals surface area contributed by atoms with Crippen LogP contribution in [0.1, 0.15) is 0 Å². The molecule has 0 saturated carbocycles. The Balaban J connectivity index is 0.00000130. The van der Waals surface area contributed by atoms with E-state index in [2.05, 4.69) is 6.92 Å². The molecule has 0 atom stereocenters. The monoisotopic (exact) mass is 1320 g/mol. The van der Waals surface area contributed by atoms with Gasteiger partial charge in [-0.15, -0.1) is 0 Å². The van der Waals surface area contributed by atoms with Crippen LogP contribution in [0.2, 0.25) is 0 Å². The molecule has 0 fully saturated rings. The molecule has 2 aliphatic rings. The summed E-state index contributed by atoms with van der Waals surface area (Å²) in [5, 5.41) is 3.57. The molecule has 3 aromatic heterocycles. The van der Waals surface area contributed by atoms with Gasteiger partial charge in [-0.05, 0) is 21.5 Å². The van der Waals surface area contributed by atoms with Crippen LogP contribution in [0.4, 0.5) is 0 Å². The third kappa shape index (κ3) is 26.7. The molecule has 0 saturated heterocycles. The topological polar surface area (TPSA) is 424 Å². The second-order valence-electron chi connectivity index (χ2n) is 15.0. The van der Waals surface area contributed by atoms with Gasteiger partial charge in [0.2, 0.25) is 20.0 Å². The smallest absolute Gasteiger partial charge is 0.750 e. The molecule has 37 heteroatoms. The zero-order chi connectivity index (χ0) is 54.2. The minimum absolute atomic E-state index is 0. The van der Waals surface area contributed by atoms with Gasteiger partial charge in [-0.2, -0.15) is 8.42 Å². The summed E-state index contributed by atoms with van der Waals surface area (Å²) >= 11 is 0. The van der Waals surface area contributed by atoms with E-state index in [9.17, 15) is 64.2 Å². The summed E-state index contributed by atoms with van der Waals surface area (Å²) in [5.74, 6) is 0.201. The molecular formula is C41H40K3N10NaO16S6Zn. The van der Waals surface area contributed by atoms with E-state index in [-0.39, 0.29) is 216 Å². The van der Waals surface area contributed by atoms with Gasteiger partial charge in [0.1, 0.15) is 0 Å². The van der Waals surface area contributed by atoms with Gasteiger partial charge in [0.15, 0.2) is 0 Å². The van der Waals surface area contributed by atoms with Crippen molar-refractivity contribution in [3.63, 3.8) is 0 Å². The quantitative estimate of drug-likeness (QED) is 0.0686. The standard InChI is InChI=1S/C32H16N8.2C3H9NO5S2.C2H5O3S.CH4O3S.3K.Na.Zn/c1-2-10-18-17(9-1)25-33-26(18)38-28-21-13-5-6-14-22(21)30(35-28)40-32-24-16-8-7-15-23(24)31(36-32)39-29-20-12-4-3-11-19(20)27(34-29)37-25;2*1-10(5,6)4-2-3-11(7,8)9;1-2-6(3,4)5;1-5(2,3)4;;;;;/h1-16H;2*4H,2-3H2,1H3,(H,7,8,9);1-2H2,(H,3,4,5);1H3,(H,2,3,4);;;;;/q-2;;;-1;;4*+1;+2/p-3. The Morgan fingerprint density at radius 1 is 0.449 bits per heavy atom. The fraction of sp³-hybridized carbons (Fsp3) is 0.195. The van der Waals surface area contributed by atoms with E-state index < -0.39 is 77.8 Å². The molecule has 392 valence electrons. The first-order chi connectivity index (χ1) is 33.8. The maximum Gasteiger partial charge on any atom is 2.00 e. The molecule has 2 aliphatic heterocycles. The van der Waals surface area contributed by atoms with Crippen LogP contribution in [0, 0.1) is 6.92 Å². The number of benzene rings is 4. The fourth-order valence-electron chi connectivity index (χ4n) is 6.16. The van der Waals surface area contributed by atoms with Crippen molar-refractivity contribution in [2.75, 3.05) is 49.1 Å². The van der Waals surface area contributed by atoms with Gasteiger partial charge in [-0.25, -0.2) is 61.5 Å². The first kappa shape index (κ1) is 78.2. The third-order valence-corrected chi connectivity index (χ3v) is 12.4. The van der Waals surface area contributed by atoms with E-state index in [1.165, 1.54) is 0 Å². The first-order valence-electron chi connectivity index (χ1n) is 20.3. The average molecular weight is 1330 g/mol. The number of nitrogens with one attached hydrogen (secondary N) is 2. The van der Waals surface area contributed by atoms with Crippen LogP contribution in [0.3, 0.4) is 0 Å². The SMILES string of the molecule is CS(=O)(=O)NCCS(=O)(=O)[O-].CS(=O)(=O)NCCS(=O)(=O)[O-].CS(=O)(=O)O.[CH2-]CS(=O)(=O)[O-].[K+].[K+].[K+].[Na+].[Zn+2].c1ccc2c(c1)-c1nc-2nc2[n-]c(nc3nc(nc4[n-]c(n1)c1ccccc41)-c1ccccc1-3)c1ccccc21. The van der Waals surface area contributed by atoms with Crippen molar-refractivity contribution in [3.8, 4) is 45.6 Å². The maximum atomic E-state index is 10.3. The number of sulfonamides is 2. The van der Waals surface area contributed by atoms with Gasteiger partial charge in [-0.3, -0.25) is 4.55 Å². The predicted molar refractivity (Wildman–Crippen MR) is 266 cm³/mol. The van der Waals surface area contributed by atoms with Gasteiger partial charge < -0.3 is 50.5 Å². The van der Waals surface area contributed by atoms with Crippen molar-refractivity contribution in [1.82, 2.24) is 49.3 Å². The molecule has 0 aliphatic carbocycles. The van der Waals surface area contributed by atoms with Crippen LogP contribution in [-0.2, 0) is 80.0 Å².